The zero-order valence-electron chi connectivity index (χ0n) is 9.57. The zero-order valence-corrected chi connectivity index (χ0v) is 9.57. The first-order valence-electron chi connectivity index (χ1n) is 5.54. The molecule has 1 heterocycles. The van der Waals surface area contributed by atoms with Gasteiger partial charge in [0.1, 0.15) is 0 Å². The summed E-state index contributed by atoms with van der Waals surface area (Å²) in [5.41, 5.74) is 1.13. The number of nitrogens with one attached hydrogen (secondary N) is 1. The van der Waals surface area contributed by atoms with E-state index in [0.29, 0.717) is 6.04 Å². The quantitative estimate of drug-likeness (QED) is 0.739. The van der Waals surface area contributed by atoms with E-state index >= 15 is 0 Å². The van der Waals surface area contributed by atoms with Crippen LogP contribution in [0.4, 0.5) is 0 Å². The first-order valence-corrected chi connectivity index (χ1v) is 5.54. The molecule has 1 rings (SSSR count). The standard InChI is InChI=1S/C12H20N2O/c1-3-15-10-11(2)13-9-7-12-6-4-5-8-14-12/h4-6,8,11,13H,3,7,9-10H2,1-2H3. The van der Waals surface area contributed by atoms with Crippen molar-refractivity contribution < 1.29 is 4.74 Å². The monoisotopic (exact) mass is 208 g/mol. The van der Waals surface area contributed by atoms with Crippen LogP contribution in [0.3, 0.4) is 0 Å². The third kappa shape index (κ3) is 5.50. The Labute approximate surface area is 91.9 Å². The van der Waals surface area contributed by atoms with E-state index < -0.39 is 0 Å². The molecule has 0 amide bonds. The van der Waals surface area contributed by atoms with Crippen LogP contribution in [0.25, 0.3) is 0 Å². The van der Waals surface area contributed by atoms with E-state index in [0.717, 1.165) is 31.9 Å². The third-order valence-electron chi connectivity index (χ3n) is 2.17. The Morgan fingerprint density at radius 2 is 2.33 bits per heavy atom. The van der Waals surface area contributed by atoms with Crippen molar-refractivity contribution in [1.82, 2.24) is 10.3 Å². The van der Waals surface area contributed by atoms with Crippen LogP contribution in [0.2, 0.25) is 0 Å². The molecule has 15 heavy (non-hydrogen) atoms. The average molecular weight is 208 g/mol. The predicted molar refractivity (Wildman–Crippen MR) is 61.9 cm³/mol. The van der Waals surface area contributed by atoms with E-state index in [1.54, 1.807) is 0 Å². The molecule has 1 unspecified atom stereocenters. The second-order valence-corrected chi connectivity index (χ2v) is 3.59. The molecule has 0 aliphatic rings. The fraction of sp³-hybridized carbons (Fsp3) is 0.583. The predicted octanol–water partition coefficient (Wildman–Crippen LogP) is 1.64. The van der Waals surface area contributed by atoms with Crippen molar-refractivity contribution in [2.75, 3.05) is 19.8 Å². The van der Waals surface area contributed by atoms with Gasteiger partial charge in [0.25, 0.3) is 0 Å². The highest BCUT2D eigenvalue weighted by Crippen LogP contribution is 1.94. The van der Waals surface area contributed by atoms with E-state index in [-0.39, 0.29) is 0 Å². The molecule has 0 saturated carbocycles. The molecule has 0 bridgehead atoms. The molecule has 1 aromatic rings. The van der Waals surface area contributed by atoms with Crippen molar-refractivity contribution in [3.05, 3.63) is 30.1 Å². The van der Waals surface area contributed by atoms with E-state index in [9.17, 15) is 0 Å². The lowest BCUT2D eigenvalue weighted by atomic mass is 10.2. The molecule has 1 aromatic heterocycles. The molecule has 1 N–H and O–H groups in total. The maximum atomic E-state index is 5.32. The van der Waals surface area contributed by atoms with Crippen molar-refractivity contribution in [3.8, 4) is 0 Å². The summed E-state index contributed by atoms with van der Waals surface area (Å²) in [4.78, 5) is 4.27. The van der Waals surface area contributed by atoms with Crippen molar-refractivity contribution >= 4 is 0 Å². The summed E-state index contributed by atoms with van der Waals surface area (Å²) in [5, 5.41) is 3.40. The highest BCUT2D eigenvalue weighted by Gasteiger charge is 2.00. The molecular formula is C12H20N2O. The van der Waals surface area contributed by atoms with Crippen molar-refractivity contribution in [2.45, 2.75) is 26.3 Å². The van der Waals surface area contributed by atoms with E-state index in [1.165, 1.54) is 0 Å². The molecule has 0 spiro atoms. The van der Waals surface area contributed by atoms with Gasteiger partial charge in [-0.05, 0) is 26.0 Å². The molecule has 84 valence electrons. The van der Waals surface area contributed by atoms with E-state index in [4.69, 9.17) is 4.74 Å². The van der Waals surface area contributed by atoms with Crippen LogP contribution in [0.1, 0.15) is 19.5 Å². The molecule has 0 aliphatic carbocycles. The van der Waals surface area contributed by atoms with Crippen LogP contribution >= 0.6 is 0 Å². The number of rotatable bonds is 7. The fourth-order valence-corrected chi connectivity index (χ4v) is 1.35. The Balaban J connectivity index is 2.11. The number of pyridine rings is 1. The second kappa shape index (κ2) is 7.37. The highest BCUT2D eigenvalue weighted by molar-refractivity contribution is 5.03. The Bertz CT molecular complexity index is 251. The molecule has 0 radical (unpaired) electrons. The van der Waals surface area contributed by atoms with Gasteiger partial charge in [0, 0.05) is 37.5 Å². The van der Waals surface area contributed by atoms with Crippen molar-refractivity contribution in [3.63, 3.8) is 0 Å². The van der Waals surface area contributed by atoms with Gasteiger partial charge >= 0.3 is 0 Å². The van der Waals surface area contributed by atoms with Crippen molar-refractivity contribution in [1.29, 1.82) is 0 Å². The Hall–Kier alpha value is -0.930. The summed E-state index contributed by atoms with van der Waals surface area (Å²) in [7, 11) is 0. The fourth-order valence-electron chi connectivity index (χ4n) is 1.35. The number of ether oxygens (including phenoxy) is 1. The maximum Gasteiger partial charge on any atom is 0.0616 e. The van der Waals surface area contributed by atoms with Crippen LogP contribution in [0, 0.1) is 0 Å². The lowest BCUT2D eigenvalue weighted by molar-refractivity contribution is 0.127. The summed E-state index contributed by atoms with van der Waals surface area (Å²) in [5.74, 6) is 0. The minimum absolute atomic E-state index is 0.411. The zero-order chi connectivity index (χ0) is 10.9. The van der Waals surface area contributed by atoms with Crippen LogP contribution in [-0.4, -0.2) is 30.8 Å². The molecule has 0 aliphatic heterocycles. The lowest BCUT2D eigenvalue weighted by Crippen LogP contribution is -2.32. The first-order chi connectivity index (χ1) is 7.33. The van der Waals surface area contributed by atoms with E-state index in [1.807, 2.05) is 25.3 Å². The summed E-state index contributed by atoms with van der Waals surface area (Å²) >= 11 is 0. The van der Waals surface area contributed by atoms with Crippen LogP contribution in [0.15, 0.2) is 24.4 Å². The Kier molecular flexibility index (Phi) is 5.97. The topological polar surface area (TPSA) is 34.1 Å². The summed E-state index contributed by atoms with van der Waals surface area (Å²) in [6, 6.07) is 6.42. The van der Waals surface area contributed by atoms with Crippen LogP contribution in [0.5, 0.6) is 0 Å². The van der Waals surface area contributed by atoms with Crippen LogP contribution < -0.4 is 5.32 Å². The van der Waals surface area contributed by atoms with Gasteiger partial charge in [-0.1, -0.05) is 6.07 Å². The molecule has 1 atom stereocenters. The molecule has 3 heteroatoms. The second-order valence-electron chi connectivity index (χ2n) is 3.59. The number of hydrogen-bond donors (Lipinski definition) is 1. The van der Waals surface area contributed by atoms with Gasteiger partial charge in [-0.15, -0.1) is 0 Å². The lowest BCUT2D eigenvalue weighted by Gasteiger charge is -2.12. The minimum atomic E-state index is 0.411. The van der Waals surface area contributed by atoms with Gasteiger partial charge in [-0.25, -0.2) is 0 Å². The Morgan fingerprint density at radius 3 is 3.00 bits per heavy atom. The van der Waals surface area contributed by atoms with Gasteiger partial charge in [-0.2, -0.15) is 0 Å². The van der Waals surface area contributed by atoms with Gasteiger partial charge < -0.3 is 10.1 Å². The molecule has 3 nitrogen and oxygen atoms in total. The highest BCUT2D eigenvalue weighted by atomic mass is 16.5. The van der Waals surface area contributed by atoms with Gasteiger partial charge in [0.05, 0.1) is 6.61 Å². The molecule has 0 saturated heterocycles. The smallest absolute Gasteiger partial charge is 0.0616 e. The normalized spacial score (nSPS) is 12.7. The number of nitrogens with zero attached hydrogens (tertiary/aromatic N) is 1. The van der Waals surface area contributed by atoms with E-state index in [2.05, 4.69) is 23.3 Å². The number of hydrogen-bond acceptors (Lipinski definition) is 3. The summed E-state index contributed by atoms with van der Waals surface area (Å²) < 4.78 is 5.32. The molecular weight excluding hydrogens is 188 g/mol. The minimum Gasteiger partial charge on any atom is -0.380 e. The molecule has 0 fully saturated rings. The third-order valence-corrected chi connectivity index (χ3v) is 2.17. The average Bonchev–Trinajstić information content (AvgIpc) is 2.28. The molecule has 0 aromatic carbocycles. The first kappa shape index (κ1) is 12.1. The van der Waals surface area contributed by atoms with Gasteiger partial charge in [0.2, 0.25) is 0 Å². The summed E-state index contributed by atoms with van der Waals surface area (Å²) in [6.07, 6.45) is 2.80. The maximum absolute atomic E-state index is 5.32. The number of aromatic nitrogens is 1. The van der Waals surface area contributed by atoms with Crippen molar-refractivity contribution in [2.24, 2.45) is 0 Å². The van der Waals surface area contributed by atoms with Gasteiger partial charge in [-0.3, -0.25) is 4.98 Å². The largest absolute Gasteiger partial charge is 0.380 e. The Morgan fingerprint density at radius 1 is 1.47 bits per heavy atom. The SMILES string of the molecule is CCOCC(C)NCCc1ccccn1. The van der Waals surface area contributed by atoms with Crippen LogP contribution in [-0.2, 0) is 11.2 Å². The summed E-state index contributed by atoms with van der Waals surface area (Å²) in [6.45, 7) is 6.66. The van der Waals surface area contributed by atoms with Gasteiger partial charge in [0.15, 0.2) is 0 Å².